The highest BCUT2D eigenvalue weighted by Gasteiger charge is 2.15. The zero-order valence-corrected chi connectivity index (χ0v) is 14.7. The van der Waals surface area contributed by atoms with Crippen molar-refractivity contribution < 1.29 is 0 Å². The van der Waals surface area contributed by atoms with Gasteiger partial charge < -0.3 is 5.32 Å². The molecule has 0 saturated carbocycles. The van der Waals surface area contributed by atoms with Crippen LogP contribution in [0.1, 0.15) is 48.6 Å². The number of halogens is 1. The van der Waals surface area contributed by atoms with Gasteiger partial charge in [0, 0.05) is 4.47 Å². The van der Waals surface area contributed by atoms with Gasteiger partial charge in [0.15, 0.2) is 0 Å². The topological polar surface area (TPSA) is 12.0 Å². The summed E-state index contributed by atoms with van der Waals surface area (Å²) in [5, 5.41) is 3.68. The second-order valence-electron chi connectivity index (χ2n) is 5.48. The van der Waals surface area contributed by atoms with Gasteiger partial charge in [-0.25, -0.2) is 0 Å². The van der Waals surface area contributed by atoms with Crippen LogP contribution in [0.3, 0.4) is 0 Å². The number of hydrogen-bond acceptors (Lipinski definition) is 1. The minimum absolute atomic E-state index is 0.268. The molecule has 0 spiro atoms. The SMILES string of the molecule is CCCNC(c1ccc(CC)cc1)c1ccc(Br)cc1C. The monoisotopic (exact) mass is 345 g/mol. The molecule has 0 aliphatic carbocycles. The first-order valence-electron chi connectivity index (χ1n) is 7.74. The lowest BCUT2D eigenvalue weighted by Gasteiger charge is -2.22. The van der Waals surface area contributed by atoms with E-state index in [0.717, 1.165) is 23.9 Å². The summed E-state index contributed by atoms with van der Waals surface area (Å²) in [4.78, 5) is 0. The molecule has 0 aliphatic rings. The second-order valence-corrected chi connectivity index (χ2v) is 6.40. The van der Waals surface area contributed by atoms with E-state index in [0.29, 0.717) is 0 Å². The van der Waals surface area contributed by atoms with E-state index in [2.05, 4.69) is 84.5 Å². The van der Waals surface area contributed by atoms with Gasteiger partial charge in [-0.3, -0.25) is 0 Å². The van der Waals surface area contributed by atoms with E-state index in [1.165, 1.54) is 22.3 Å². The molecular weight excluding hydrogens is 322 g/mol. The number of benzene rings is 2. The van der Waals surface area contributed by atoms with Crippen LogP contribution >= 0.6 is 15.9 Å². The van der Waals surface area contributed by atoms with Crippen molar-refractivity contribution in [2.75, 3.05) is 6.54 Å². The maximum absolute atomic E-state index is 3.68. The third kappa shape index (κ3) is 4.18. The summed E-state index contributed by atoms with van der Waals surface area (Å²) in [5.41, 5.74) is 5.40. The van der Waals surface area contributed by atoms with E-state index < -0.39 is 0 Å². The Morgan fingerprint density at radius 3 is 2.33 bits per heavy atom. The molecule has 0 heterocycles. The van der Waals surface area contributed by atoms with Gasteiger partial charge in [-0.1, -0.05) is 60.1 Å². The Morgan fingerprint density at radius 2 is 1.76 bits per heavy atom. The van der Waals surface area contributed by atoms with Crippen molar-refractivity contribution in [3.63, 3.8) is 0 Å². The second kappa shape index (κ2) is 7.77. The minimum atomic E-state index is 0.268. The lowest BCUT2D eigenvalue weighted by atomic mass is 9.94. The molecule has 2 aromatic rings. The van der Waals surface area contributed by atoms with Crippen molar-refractivity contribution in [1.82, 2.24) is 5.32 Å². The highest BCUT2D eigenvalue weighted by Crippen LogP contribution is 2.27. The Bertz CT molecular complexity index is 575. The predicted octanol–water partition coefficient (Wildman–Crippen LogP) is 5.41. The predicted molar refractivity (Wildman–Crippen MR) is 94.8 cm³/mol. The summed E-state index contributed by atoms with van der Waals surface area (Å²) in [6.45, 7) is 7.61. The van der Waals surface area contributed by atoms with Gasteiger partial charge in [0.1, 0.15) is 0 Å². The molecule has 0 bridgehead atoms. The highest BCUT2D eigenvalue weighted by molar-refractivity contribution is 9.10. The first-order valence-corrected chi connectivity index (χ1v) is 8.53. The molecule has 0 aliphatic heterocycles. The van der Waals surface area contributed by atoms with Crippen LogP contribution in [0.15, 0.2) is 46.9 Å². The van der Waals surface area contributed by atoms with Crippen molar-refractivity contribution in [2.24, 2.45) is 0 Å². The van der Waals surface area contributed by atoms with E-state index in [9.17, 15) is 0 Å². The summed E-state index contributed by atoms with van der Waals surface area (Å²) < 4.78 is 1.14. The molecule has 2 heteroatoms. The standard InChI is InChI=1S/C19H24BrN/c1-4-12-21-19(16-8-6-15(5-2)7-9-16)18-11-10-17(20)13-14(18)3/h6-11,13,19,21H,4-5,12H2,1-3H3. The lowest BCUT2D eigenvalue weighted by molar-refractivity contribution is 0.596. The normalized spacial score (nSPS) is 12.4. The Kier molecular flexibility index (Phi) is 6.01. The van der Waals surface area contributed by atoms with Crippen LogP contribution in [0.5, 0.6) is 0 Å². The van der Waals surface area contributed by atoms with Crippen LogP contribution in [0.4, 0.5) is 0 Å². The number of nitrogens with one attached hydrogen (secondary N) is 1. The first kappa shape index (κ1) is 16.3. The van der Waals surface area contributed by atoms with Gasteiger partial charge in [0.05, 0.1) is 6.04 Å². The van der Waals surface area contributed by atoms with Crippen LogP contribution in [-0.4, -0.2) is 6.54 Å². The average molecular weight is 346 g/mol. The maximum atomic E-state index is 3.68. The molecule has 0 amide bonds. The average Bonchev–Trinajstić information content (AvgIpc) is 2.50. The first-order chi connectivity index (χ1) is 10.2. The number of aryl methyl sites for hydroxylation is 2. The van der Waals surface area contributed by atoms with Gasteiger partial charge >= 0.3 is 0 Å². The number of rotatable bonds is 6. The minimum Gasteiger partial charge on any atom is -0.306 e. The third-order valence-corrected chi connectivity index (χ3v) is 4.36. The molecule has 0 saturated heterocycles. The van der Waals surface area contributed by atoms with E-state index >= 15 is 0 Å². The van der Waals surface area contributed by atoms with Crippen molar-refractivity contribution >= 4 is 15.9 Å². The molecule has 21 heavy (non-hydrogen) atoms. The fourth-order valence-corrected chi connectivity index (χ4v) is 3.08. The van der Waals surface area contributed by atoms with Crippen LogP contribution < -0.4 is 5.32 Å². The molecular formula is C19H24BrN. The van der Waals surface area contributed by atoms with Crippen LogP contribution in [-0.2, 0) is 6.42 Å². The van der Waals surface area contributed by atoms with Crippen LogP contribution in [0, 0.1) is 6.92 Å². The van der Waals surface area contributed by atoms with Gasteiger partial charge in [0.2, 0.25) is 0 Å². The molecule has 2 rings (SSSR count). The van der Waals surface area contributed by atoms with Gasteiger partial charge in [-0.05, 0) is 60.7 Å². The van der Waals surface area contributed by atoms with Crippen molar-refractivity contribution in [1.29, 1.82) is 0 Å². The van der Waals surface area contributed by atoms with Gasteiger partial charge in [-0.2, -0.15) is 0 Å². The zero-order chi connectivity index (χ0) is 15.2. The van der Waals surface area contributed by atoms with Crippen molar-refractivity contribution in [3.8, 4) is 0 Å². The highest BCUT2D eigenvalue weighted by atomic mass is 79.9. The fraction of sp³-hybridized carbons (Fsp3) is 0.368. The van der Waals surface area contributed by atoms with Gasteiger partial charge in [0.25, 0.3) is 0 Å². The molecule has 2 aromatic carbocycles. The molecule has 1 nitrogen and oxygen atoms in total. The van der Waals surface area contributed by atoms with E-state index in [1.54, 1.807) is 0 Å². The molecule has 1 N–H and O–H groups in total. The quantitative estimate of drug-likeness (QED) is 0.737. The molecule has 1 unspecified atom stereocenters. The Labute approximate surface area is 136 Å². The molecule has 0 aromatic heterocycles. The Hall–Kier alpha value is -1.12. The molecule has 112 valence electrons. The van der Waals surface area contributed by atoms with E-state index in [-0.39, 0.29) is 6.04 Å². The third-order valence-electron chi connectivity index (χ3n) is 3.86. The molecule has 0 radical (unpaired) electrons. The largest absolute Gasteiger partial charge is 0.306 e. The van der Waals surface area contributed by atoms with Crippen LogP contribution in [0.2, 0.25) is 0 Å². The van der Waals surface area contributed by atoms with Crippen LogP contribution in [0.25, 0.3) is 0 Å². The maximum Gasteiger partial charge on any atom is 0.0579 e. The summed E-state index contributed by atoms with van der Waals surface area (Å²) in [7, 11) is 0. The summed E-state index contributed by atoms with van der Waals surface area (Å²) in [5.74, 6) is 0. The van der Waals surface area contributed by atoms with E-state index in [4.69, 9.17) is 0 Å². The smallest absolute Gasteiger partial charge is 0.0579 e. The Balaban J connectivity index is 2.36. The zero-order valence-electron chi connectivity index (χ0n) is 13.1. The molecule has 1 atom stereocenters. The molecule has 0 fully saturated rings. The summed E-state index contributed by atoms with van der Waals surface area (Å²) in [6.07, 6.45) is 2.23. The Morgan fingerprint density at radius 1 is 1.05 bits per heavy atom. The van der Waals surface area contributed by atoms with Gasteiger partial charge in [-0.15, -0.1) is 0 Å². The fourth-order valence-electron chi connectivity index (χ4n) is 2.60. The lowest BCUT2D eigenvalue weighted by Crippen LogP contribution is -2.24. The number of hydrogen-bond donors (Lipinski definition) is 1. The van der Waals surface area contributed by atoms with E-state index in [1.807, 2.05) is 0 Å². The summed E-state index contributed by atoms with van der Waals surface area (Å²) >= 11 is 3.55. The summed E-state index contributed by atoms with van der Waals surface area (Å²) in [6, 6.07) is 15.8. The van der Waals surface area contributed by atoms with Crippen molar-refractivity contribution in [2.45, 2.75) is 39.7 Å². The van der Waals surface area contributed by atoms with Crippen molar-refractivity contribution in [3.05, 3.63) is 69.2 Å².